The quantitative estimate of drug-likeness (QED) is 0.915. The van der Waals surface area contributed by atoms with Gasteiger partial charge in [-0.1, -0.05) is 30.3 Å². The van der Waals surface area contributed by atoms with Gasteiger partial charge in [0.1, 0.15) is 6.26 Å². The molecule has 1 N–H and O–H groups in total. The fourth-order valence-electron chi connectivity index (χ4n) is 2.46. The molecule has 1 aromatic carbocycles. The molecule has 0 saturated heterocycles. The van der Waals surface area contributed by atoms with Crippen LogP contribution in [0.4, 0.5) is 13.2 Å². The number of furan rings is 1. The molecule has 5 nitrogen and oxygen atoms in total. The zero-order chi connectivity index (χ0) is 17.5. The van der Waals surface area contributed by atoms with Gasteiger partial charge in [-0.25, -0.2) is 0 Å². The lowest BCUT2D eigenvalue weighted by atomic mass is 10.0. The zero-order valence-electron chi connectivity index (χ0n) is 12.5. The first-order valence-electron chi connectivity index (χ1n) is 7.03. The molecule has 0 unspecified atom stereocenters. The van der Waals surface area contributed by atoms with Crippen LogP contribution < -0.4 is 0 Å². The van der Waals surface area contributed by atoms with Gasteiger partial charge in [-0.3, -0.25) is 4.79 Å². The van der Waals surface area contributed by atoms with Crippen LogP contribution in [-0.2, 0) is 0 Å². The van der Waals surface area contributed by atoms with E-state index in [0.29, 0.717) is 11.1 Å². The Morgan fingerprint density at radius 1 is 1.29 bits per heavy atom. The Balaban J connectivity index is 2.06. The Labute approximate surface area is 135 Å². The van der Waals surface area contributed by atoms with Crippen molar-refractivity contribution in [1.82, 2.24) is 5.01 Å². The van der Waals surface area contributed by atoms with E-state index in [1.54, 1.807) is 30.3 Å². The number of aryl methyl sites for hydroxylation is 1. The van der Waals surface area contributed by atoms with Gasteiger partial charge in [0.25, 0.3) is 11.6 Å². The molecule has 0 aliphatic carbocycles. The molecular weight excluding hydrogens is 325 g/mol. The highest BCUT2D eigenvalue weighted by atomic mass is 19.4. The van der Waals surface area contributed by atoms with Gasteiger partial charge in [-0.15, -0.1) is 0 Å². The van der Waals surface area contributed by atoms with Crippen LogP contribution in [0.2, 0.25) is 0 Å². The Morgan fingerprint density at radius 3 is 2.50 bits per heavy atom. The van der Waals surface area contributed by atoms with E-state index in [2.05, 4.69) is 5.10 Å². The summed E-state index contributed by atoms with van der Waals surface area (Å²) in [6.07, 6.45) is -3.65. The summed E-state index contributed by atoms with van der Waals surface area (Å²) in [4.78, 5) is 12.5. The number of aliphatic hydroxyl groups is 1. The van der Waals surface area contributed by atoms with Gasteiger partial charge >= 0.3 is 6.18 Å². The SMILES string of the molecule is Cc1cocc1C(=O)N1N=C(c2ccccc2)C[C@@]1(O)C(F)(F)F. The van der Waals surface area contributed by atoms with Gasteiger partial charge in [0, 0.05) is 5.56 Å². The number of hydrogen-bond donors (Lipinski definition) is 1. The van der Waals surface area contributed by atoms with Crippen LogP contribution in [0.3, 0.4) is 0 Å². The maximum absolute atomic E-state index is 13.4. The van der Waals surface area contributed by atoms with E-state index in [1.807, 2.05) is 0 Å². The van der Waals surface area contributed by atoms with Gasteiger partial charge in [0.05, 0.1) is 24.0 Å². The standard InChI is InChI=1S/C16H13F3N2O3/c1-10-8-24-9-12(10)14(22)21-15(23,16(17,18)19)7-13(20-21)11-5-3-2-4-6-11/h2-6,8-9,23H,7H2,1H3/t15-/m1/s1. The molecule has 0 bridgehead atoms. The molecule has 3 rings (SSSR count). The number of benzene rings is 1. The molecular formula is C16H13F3N2O3. The fraction of sp³-hybridized carbons (Fsp3) is 0.250. The summed E-state index contributed by atoms with van der Waals surface area (Å²) in [7, 11) is 0. The third kappa shape index (κ3) is 2.48. The summed E-state index contributed by atoms with van der Waals surface area (Å²) in [6.45, 7) is 1.52. The predicted octanol–water partition coefficient (Wildman–Crippen LogP) is 3.09. The van der Waals surface area contributed by atoms with E-state index in [9.17, 15) is 23.1 Å². The molecule has 0 saturated carbocycles. The number of amides is 1. The van der Waals surface area contributed by atoms with E-state index in [4.69, 9.17) is 4.42 Å². The normalized spacial score (nSPS) is 21.0. The van der Waals surface area contributed by atoms with Crippen molar-refractivity contribution in [3.63, 3.8) is 0 Å². The van der Waals surface area contributed by atoms with Crippen molar-refractivity contribution in [2.24, 2.45) is 5.10 Å². The zero-order valence-corrected chi connectivity index (χ0v) is 12.5. The summed E-state index contributed by atoms with van der Waals surface area (Å²) < 4.78 is 45.2. The minimum atomic E-state index is -5.07. The maximum atomic E-state index is 13.4. The number of nitrogens with zero attached hydrogens (tertiary/aromatic N) is 2. The monoisotopic (exact) mass is 338 g/mol. The molecule has 1 aromatic heterocycles. The topological polar surface area (TPSA) is 66.0 Å². The second-order valence-corrected chi connectivity index (χ2v) is 5.49. The first-order chi connectivity index (χ1) is 11.2. The van der Waals surface area contributed by atoms with Gasteiger partial charge in [0.2, 0.25) is 0 Å². The van der Waals surface area contributed by atoms with Crippen LogP contribution in [0.15, 0.2) is 52.4 Å². The molecule has 1 aliphatic heterocycles. The highest BCUT2D eigenvalue weighted by molar-refractivity contribution is 6.05. The third-order valence-corrected chi connectivity index (χ3v) is 3.82. The van der Waals surface area contributed by atoms with Gasteiger partial charge in [-0.05, 0) is 12.5 Å². The highest BCUT2D eigenvalue weighted by Crippen LogP contribution is 2.42. The number of hydrazone groups is 1. The molecule has 1 amide bonds. The number of carbonyl (C=O) groups excluding carboxylic acids is 1. The number of rotatable bonds is 2. The summed E-state index contributed by atoms with van der Waals surface area (Å²) >= 11 is 0. The van der Waals surface area contributed by atoms with Crippen molar-refractivity contribution in [1.29, 1.82) is 0 Å². The maximum Gasteiger partial charge on any atom is 0.438 e. The lowest BCUT2D eigenvalue weighted by Gasteiger charge is -2.32. The van der Waals surface area contributed by atoms with E-state index < -0.39 is 24.2 Å². The number of alkyl halides is 3. The molecule has 24 heavy (non-hydrogen) atoms. The van der Waals surface area contributed by atoms with Crippen LogP contribution in [0, 0.1) is 6.92 Å². The van der Waals surface area contributed by atoms with Crippen molar-refractivity contribution in [2.45, 2.75) is 25.2 Å². The average molecular weight is 338 g/mol. The molecule has 8 heteroatoms. The van der Waals surface area contributed by atoms with Crippen LogP contribution >= 0.6 is 0 Å². The smallest absolute Gasteiger partial charge is 0.438 e. The average Bonchev–Trinajstić information content (AvgIpc) is 3.11. The van der Waals surface area contributed by atoms with Crippen molar-refractivity contribution >= 4 is 11.6 Å². The van der Waals surface area contributed by atoms with Crippen LogP contribution in [0.25, 0.3) is 0 Å². The van der Waals surface area contributed by atoms with Crippen molar-refractivity contribution in [2.75, 3.05) is 0 Å². The third-order valence-electron chi connectivity index (χ3n) is 3.82. The van der Waals surface area contributed by atoms with Crippen molar-refractivity contribution < 1.29 is 27.5 Å². The molecule has 0 spiro atoms. The summed E-state index contributed by atoms with van der Waals surface area (Å²) in [6, 6.07) is 8.09. The number of hydrogen-bond acceptors (Lipinski definition) is 4. The van der Waals surface area contributed by atoms with Crippen LogP contribution in [0.5, 0.6) is 0 Å². The van der Waals surface area contributed by atoms with E-state index >= 15 is 0 Å². The predicted molar refractivity (Wildman–Crippen MR) is 78.2 cm³/mol. The molecule has 2 heterocycles. The van der Waals surface area contributed by atoms with Crippen molar-refractivity contribution in [3.8, 4) is 0 Å². The lowest BCUT2D eigenvalue weighted by molar-refractivity contribution is -0.297. The molecule has 1 aliphatic rings. The van der Waals surface area contributed by atoms with Crippen LogP contribution in [-0.4, -0.2) is 33.6 Å². The van der Waals surface area contributed by atoms with E-state index in [0.717, 1.165) is 6.26 Å². The Morgan fingerprint density at radius 2 is 1.96 bits per heavy atom. The molecule has 2 aromatic rings. The summed E-state index contributed by atoms with van der Waals surface area (Å²) in [5, 5.41) is 14.1. The minimum absolute atomic E-state index is 0.0232. The molecule has 0 radical (unpaired) electrons. The lowest BCUT2D eigenvalue weighted by Crippen LogP contribution is -2.56. The van der Waals surface area contributed by atoms with E-state index in [-0.39, 0.29) is 16.3 Å². The first-order valence-corrected chi connectivity index (χ1v) is 7.03. The fourth-order valence-corrected chi connectivity index (χ4v) is 2.46. The summed E-state index contributed by atoms with van der Waals surface area (Å²) in [5.41, 5.74) is -2.76. The van der Waals surface area contributed by atoms with E-state index in [1.165, 1.54) is 13.2 Å². The Kier molecular flexibility index (Phi) is 3.71. The molecule has 1 atom stereocenters. The Hall–Kier alpha value is -2.61. The second-order valence-electron chi connectivity index (χ2n) is 5.49. The second kappa shape index (κ2) is 5.48. The highest BCUT2D eigenvalue weighted by Gasteiger charge is 2.63. The molecule has 126 valence electrons. The number of halogens is 3. The van der Waals surface area contributed by atoms with Crippen molar-refractivity contribution in [3.05, 3.63) is 59.5 Å². The first kappa shape index (κ1) is 16.3. The van der Waals surface area contributed by atoms with Gasteiger partial charge < -0.3 is 9.52 Å². The molecule has 0 fully saturated rings. The van der Waals surface area contributed by atoms with Gasteiger partial charge in [0.15, 0.2) is 0 Å². The largest absolute Gasteiger partial charge is 0.471 e. The summed E-state index contributed by atoms with van der Waals surface area (Å²) in [5.74, 6) is -1.08. The van der Waals surface area contributed by atoms with Gasteiger partial charge in [-0.2, -0.15) is 23.3 Å². The number of carbonyl (C=O) groups is 1. The van der Waals surface area contributed by atoms with Crippen LogP contribution in [0.1, 0.15) is 27.9 Å². The Bertz CT molecular complexity index is 798. The minimum Gasteiger partial charge on any atom is -0.471 e.